The standard InChI is InChI=1S/C12H21BrNO2.BrH/c1-3-16-12(15)10-11-4-7-14(2,8-5-11)9-6-13;/h10H,3-9H2,1-2H3;1H/q+1;/p-1. The van der Waals surface area contributed by atoms with Crippen molar-refractivity contribution >= 4 is 21.9 Å². The molecule has 0 aromatic carbocycles. The Labute approximate surface area is 123 Å². The number of alkyl halides is 1. The Morgan fingerprint density at radius 2 is 2.06 bits per heavy atom. The molecule has 1 rings (SSSR count). The molecule has 0 aromatic rings. The van der Waals surface area contributed by atoms with Gasteiger partial charge in [-0.3, -0.25) is 0 Å². The molecule has 0 spiro atoms. The van der Waals surface area contributed by atoms with Crippen molar-refractivity contribution in [2.75, 3.05) is 38.6 Å². The van der Waals surface area contributed by atoms with Crippen LogP contribution < -0.4 is 17.0 Å². The molecule has 0 aromatic heterocycles. The second-order valence-corrected chi connectivity index (χ2v) is 5.33. The lowest BCUT2D eigenvalue weighted by Gasteiger charge is -2.38. The molecule has 0 radical (unpaired) electrons. The van der Waals surface area contributed by atoms with Crippen LogP contribution in [0.3, 0.4) is 0 Å². The summed E-state index contributed by atoms with van der Waals surface area (Å²) in [5.41, 5.74) is 1.24. The minimum absolute atomic E-state index is 0. The number of esters is 1. The Bertz CT molecular complexity index is 270. The smallest absolute Gasteiger partial charge is 0.330 e. The number of rotatable bonds is 4. The Morgan fingerprint density at radius 1 is 1.47 bits per heavy atom. The number of ether oxygens (including phenoxy) is 1. The average molecular weight is 371 g/mol. The molecule has 3 nitrogen and oxygen atoms in total. The molecule has 1 fully saturated rings. The second-order valence-electron chi connectivity index (χ2n) is 4.53. The summed E-state index contributed by atoms with van der Waals surface area (Å²) in [7, 11) is 2.28. The Balaban J connectivity index is 0.00000256. The zero-order valence-electron chi connectivity index (χ0n) is 10.5. The van der Waals surface area contributed by atoms with Crippen LogP contribution in [0, 0.1) is 0 Å². The molecule has 1 heterocycles. The molecule has 0 saturated carbocycles. The Hall–Kier alpha value is 0.130. The number of hydrogen-bond donors (Lipinski definition) is 0. The summed E-state index contributed by atoms with van der Waals surface area (Å²) >= 11 is 3.49. The van der Waals surface area contributed by atoms with E-state index >= 15 is 0 Å². The van der Waals surface area contributed by atoms with Gasteiger partial charge in [-0.05, 0) is 6.92 Å². The quantitative estimate of drug-likeness (QED) is 0.278. The van der Waals surface area contributed by atoms with Crippen LogP contribution in [0.2, 0.25) is 0 Å². The van der Waals surface area contributed by atoms with E-state index in [-0.39, 0.29) is 23.0 Å². The molecule has 0 bridgehead atoms. The summed E-state index contributed by atoms with van der Waals surface area (Å²) in [6.07, 6.45) is 3.71. The lowest BCUT2D eigenvalue weighted by Crippen LogP contribution is -3.00. The number of halogens is 2. The molecule has 0 aliphatic carbocycles. The maximum absolute atomic E-state index is 11.3. The van der Waals surface area contributed by atoms with Crippen molar-refractivity contribution in [3.05, 3.63) is 11.6 Å². The largest absolute Gasteiger partial charge is 1.00 e. The fourth-order valence-corrected chi connectivity index (χ4v) is 2.84. The van der Waals surface area contributed by atoms with E-state index in [0.29, 0.717) is 6.61 Å². The average Bonchev–Trinajstić information content (AvgIpc) is 2.22. The number of carbonyl (C=O) groups is 1. The Morgan fingerprint density at radius 3 is 2.53 bits per heavy atom. The molecule has 1 aliphatic heterocycles. The number of carbonyl (C=O) groups excluding carboxylic acids is 1. The fraction of sp³-hybridized carbons (Fsp3) is 0.750. The monoisotopic (exact) mass is 369 g/mol. The zero-order valence-corrected chi connectivity index (χ0v) is 13.7. The summed E-state index contributed by atoms with van der Waals surface area (Å²) in [6.45, 7) is 5.70. The lowest BCUT2D eigenvalue weighted by atomic mass is 10.0. The summed E-state index contributed by atoms with van der Waals surface area (Å²) in [5, 5.41) is 1.04. The molecule has 0 unspecified atom stereocenters. The molecular weight excluding hydrogens is 350 g/mol. The van der Waals surface area contributed by atoms with E-state index in [1.165, 1.54) is 5.57 Å². The van der Waals surface area contributed by atoms with Crippen molar-refractivity contribution in [2.45, 2.75) is 19.8 Å². The number of nitrogens with zero attached hydrogens (tertiary/aromatic N) is 1. The topological polar surface area (TPSA) is 26.3 Å². The van der Waals surface area contributed by atoms with Gasteiger partial charge in [-0.15, -0.1) is 0 Å². The van der Waals surface area contributed by atoms with E-state index in [9.17, 15) is 4.79 Å². The minimum atomic E-state index is -0.186. The van der Waals surface area contributed by atoms with Gasteiger partial charge in [0.1, 0.15) is 0 Å². The van der Waals surface area contributed by atoms with Gasteiger partial charge >= 0.3 is 5.97 Å². The summed E-state index contributed by atoms with van der Waals surface area (Å²) in [5.74, 6) is -0.186. The van der Waals surface area contributed by atoms with Crippen molar-refractivity contribution in [3.63, 3.8) is 0 Å². The van der Waals surface area contributed by atoms with Crippen molar-refractivity contribution < 1.29 is 31.0 Å². The minimum Gasteiger partial charge on any atom is -1.00 e. The first-order valence-electron chi connectivity index (χ1n) is 5.85. The van der Waals surface area contributed by atoms with Crippen molar-refractivity contribution in [1.82, 2.24) is 0 Å². The highest BCUT2D eigenvalue weighted by atomic mass is 79.9. The number of likely N-dealkylation sites (tertiary alicyclic amines) is 1. The highest BCUT2D eigenvalue weighted by molar-refractivity contribution is 9.09. The van der Waals surface area contributed by atoms with Gasteiger partial charge in [0.15, 0.2) is 0 Å². The first-order valence-corrected chi connectivity index (χ1v) is 6.97. The molecule has 100 valence electrons. The molecule has 1 aliphatic rings. The van der Waals surface area contributed by atoms with Gasteiger partial charge in [0.25, 0.3) is 0 Å². The number of quaternary nitrogens is 1. The third-order valence-corrected chi connectivity index (χ3v) is 3.53. The van der Waals surface area contributed by atoms with Crippen LogP contribution in [-0.2, 0) is 9.53 Å². The van der Waals surface area contributed by atoms with E-state index in [0.717, 1.165) is 42.3 Å². The lowest BCUT2D eigenvalue weighted by molar-refractivity contribution is -0.909. The van der Waals surface area contributed by atoms with E-state index in [1.807, 2.05) is 6.92 Å². The van der Waals surface area contributed by atoms with Crippen LogP contribution in [0.15, 0.2) is 11.6 Å². The van der Waals surface area contributed by atoms with Crippen LogP contribution in [0.5, 0.6) is 0 Å². The van der Waals surface area contributed by atoms with Crippen LogP contribution >= 0.6 is 15.9 Å². The normalized spacial score (nSPS) is 23.8. The van der Waals surface area contributed by atoms with Gasteiger partial charge in [-0.2, -0.15) is 0 Å². The fourth-order valence-electron chi connectivity index (χ4n) is 1.99. The maximum Gasteiger partial charge on any atom is 0.330 e. The van der Waals surface area contributed by atoms with Gasteiger partial charge in [0.05, 0.1) is 38.6 Å². The number of piperidine rings is 1. The molecule has 5 heteroatoms. The first-order chi connectivity index (χ1) is 7.59. The van der Waals surface area contributed by atoms with Gasteiger partial charge in [0, 0.05) is 18.9 Å². The van der Waals surface area contributed by atoms with E-state index in [1.54, 1.807) is 6.08 Å². The van der Waals surface area contributed by atoms with Crippen molar-refractivity contribution in [2.24, 2.45) is 0 Å². The van der Waals surface area contributed by atoms with Gasteiger partial charge in [0.2, 0.25) is 0 Å². The molecular formula is C12H21Br2NO2. The molecule has 0 N–H and O–H groups in total. The van der Waals surface area contributed by atoms with Crippen LogP contribution in [-0.4, -0.2) is 49.1 Å². The van der Waals surface area contributed by atoms with E-state index in [2.05, 4.69) is 23.0 Å². The van der Waals surface area contributed by atoms with Crippen LogP contribution in [0.25, 0.3) is 0 Å². The molecule has 0 amide bonds. The summed E-state index contributed by atoms with van der Waals surface area (Å²) in [6, 6.07) is 0. The highest BCUT2D eigenvalue weighted by Gasteiger charge is 2.26. The zero-order chi connectivity index (χ0) is 12.0. The highest BCUT2D eigenvalue weighted by Crippen LogP contribution is 2.21. The summed E-state index contributed by atoms with van der Waals surface area (Å²) < 4.78 is 6.02. The van der Waals surface area contributed by atoms with Gasteiger partial charge in [-0.1, -0.05) is 21.5 Å². The predicted molar refractivity (Wildman–Crippen MR) is 68.5 cm³/mol. The number of hydrogen-bond acceptors (Lipinski definition) is 2. The molecule has 0 atom stereocenters. The van der Waals surface area contributed by atoms with Crippen molar-refractivity contribution in [3.8, 4) is 0 Å². The molecule has 17 heavy (non-hydrogen) atoms. The van der Waals surface area contributed by atoms with Gasteiger partial charge in [-0.25, -0.2) is 4.79 Å². The van der Waals surface area contributed by atoms with E-state index < -0.39 is 0 Å². The van der Waals surface area contributed by atoms with Crippen LogP contribution in [0.1, 0.15) is 19.8 Å². The molecule has 1 saturated heterocycles. The first kappa shape index (κ1) is 17.1. The second kappa shape index (κ2) is 8.27. The Kier molecular flexibility index (Phi) is 8.33. The van der Waals surface area contributed by atoms with E-state index in [4.69, 9.17) is 4.74 Å². The van der Waals surface area contributed by atoms with Crippen LogP contribution in [0.4, 0.5) is 0 Å². The SMILES string of the molecule is CCOC(=O)C=C1CC[N+](C)(CCBr)CC1.[Br-]. The summed E-state index contributed by atoms with van der Waals surface area (Å²) in [4.78, 5) is 11.3. The third-order valence-electron chi connectivity index (χ3n) is 3.18. The maximum atomic E-state index is 11.3. The van der Waals surface area contributed by atoms with Gasteiger partial charge < -0.3 is 26.2 Å². The van der Waals surface area contributed by atoms with Crippen molar-refractivity contribution in [1.29, 1.82) is 0 Å². The predicted octanol–water partition coefficient (Wildman–Crippen LogP) is -0.885. The third kappa shape index (κ3) is 6.02.